The summed E-state index contributed by atoms with van der Waals surface area (Å²) in [7, 11) is -3.43. The molecule has 2 aromatic carbocycles. The lowest BCUT2D eigenvalue weighted by atomic mass is 9.95. The molecule has 0 aliphatic heterocycles. The molecule has 1 aliphatic carbocycles. The number of nitrogens with zero attached hydrogens (tertiary/aromatic N) is 4. The monoisotopic (exact) mass is 582 g/mol. The van der Waals surface area contributed by atoms with Gasteiger partial charge in [-0.1, -0.05) is 55.1 Å². The Morgan fingerprint density at radius 1 is 1.18 bits per heavy atom. The highest BCUT2D eigenvalue weighted by Crippen LogP contribution is 2.38. The largest absolute Gasteiger partial charge is 0.367 e. The standard InChI is InChI=1S/C27H30N6O5S2/c1-3-40(35,36)16-15-29-27-25(18(2)22(17-28)26(31-27)30-19-9-5-4-6-10-19)33-32-23-13-14-24(39-38-37-34)21-12-8-7-11-20(21)23/h3,7-8,11-14,19,34H,1,4-6,9-10,15-16H2,2H3,(H2,29,30,31)/b33-32+. The van der Waals surface area contributed by atoms with Crippen molar-refractivity contribution in [3.8, 4) is 6.07 Å². The summed E-state index contributed by atoms with van der Waals surface area (Å²) < 4.78 is 28.6. The van der Waals surface area contributed by atoms with Crippen LogP contribution in [0.5, 0.6) is 0 Å². The van der Waals surface area contributed by atoms with Crippen LogP contribution in [0.1, 0.15) is 43.2 Å². The van der Waals surface area contributed by atoms with Gasteiger partial charge in [0.05, 0.1) is 29.0 Å². The molecular formula is C27H30N6O5S2. The average molecular weight is 583 g/mol. The molecule has 3 aromatic rings. The highest BCUT2D eigenvalue weighted by atomic mass is 32.2. The number of rotatable bonds is 12. The molecule has 3 N–H and O–H groups in total. The smallest absolute Gasteiger partial charge is 0.172 e. The first-order chi connectivity index (χ1) is 19.4. The number of benzene rings is 2. The maximum absolute atomic E-state index is 12.0. The molecule has 4 rings (SSSR count). The van der Waals surface area contributed by atoms with E-state index >= 15 is 0 Å². The normalized spacial score (nSPS) is 14.3. The fourth-order valence-corrected chi connectivity index (χ4v) is 5.64. The molecular weight excluding hydrogens is 552 g/mol. The zero-order valence-corrected chi connectivity index (χ0v) is 23.6. The number of hydrogen-bond donors (Lipinski definition) is 3. The van der Waals surface area contributed by atoms with E-state index in [1.165, 1.54) is 6.42 Å². The minimum atomic E-state index is -3.43. The SMILES string of the molecule is C=CS(=O)(=O)CCNc1nc(NC2CCCCC2)c(C#N)c(C)c1/N=N/c1ccc(SOOO)c2ccccc12. The van der Waals surface area contributed by atoms with E-state index in [2.05, 4.69) is 47.9 Å². The molecule has 1 heterocycles. The van der Waals surface area contributed by atoms with E-state index in [1.54, 1.807) is 19.1 Å². The van der Waals surface area contributed by atoms with Gasteiger partial charge < -0.3 is 10.6 Å². The highest BCUT2D eigenvalue weighted by molar-refractivity contribution is 7.94. The van der Waals surface area contributed by atoms with Crippen molar-refractivity contribution in [3.63, 3.8) is 0 Å². The zero-order chi connectivity index (χ0) is 28.5. The fraction of sp³-hybridized carbons (Fsp3) is 0.333. The van der Waals surface area contributed by atoms with Gasteiger partial charge in [0.2, 0.25) is 0 Å². The first-order valence-electron chi connectivity index (χ1n) is 12.8. The molecule has 210 valence electrons. The summed E-state index contributed by atoms with van der Waals surface area (Å²) in [5.74, 6) is 0.587. The van der Waals surface area contributed by atoms with Gasteiger partial charge in [0, 0.05) is 33.8 Å². The molecule has 0 saturated heterocycles. The van der Waals surface area contributed by atoms with Crippen LogP contribution in [0.15, 0.2) is 63.5 Å². The number of azo groups is 1. The number of aromatic nitrogens is 1. The first-order valence-corrected chi connectivity index (χ1v) is 15.2. The van der Waals surface area contributed by atoms with Crippen LogP contribution in [0, 0.1) is 18.3 Å². The number of hydrogen-bond acceptors (Lipinski definition) is 12. The first kappa shape index (κ1) is 29.4. The third-order valence-corrected chi connectivity index (χ3v) is 8.62. The minimum Gasteiger partial charge on any atom is -0.367 e. The van der Waals surface area contributed by atoms with E-state index in [-0.39, 0.29) is 18.3 Å². The number of nitrogens with one attached hydrogen (secondary N) is 2. The van der Waals surface area contributed by atoms with Crippen molar-refractivity contribution in [1.29, 1.82) is 5.26 Å². The molecule has 0 atom stereocenters. The van der Waals surface area contributed by atoms with Crippen LogP contribution in [0.2, 0.25) is 0 Å². The van der Waals surface area contributed by atoms with Gasteiger partial charge in [0.15, 0.2) is 15.7 Å². The van der Waals surface area contributed by atoms with E-state index in [0.717, 1.165) is 53.9 Å². The van der Waals surface area contributed by atoms with Crippen LogP contribution in [-0.2, 0) is 19.2 Å². The van der Waals surface area contributed by atoms with Crippen LogP contribution < -0.4 is 10.6 Å². The molecule has 1 aliphatic rings. The Bertz CT molecular complexity index is 1550. The summed E-state index contributed by atoms with van der Waals surface area (Å²) in [4.78, 5) is 5.38. The van der Waals surface area contributed by atoms with Gasteiger partial charge in [0.1, 0.15) is 17.6 Å². The summed E-state index contributed by atoms with van der Waals surface area (Å²) in [5.41, 5.74) is 1.81. The lowest BCUT2D eigenvalue weighted by Crippen LogP contribution is -2.24. The van der Waals surface area contributed by atoms with E-state index < -0.39 is 9.84 Å². The predicted molar refractivity (Wildman–Crippen MR) is 155 cm³/mol. The molecule has 0 radical (unpaired) electrons. The molecule has 11 nitrogen and oxygen atoms in total. The van der Waals surface area contributed by atoms with Crippen LogP contribution in [0.4, 0.5) is 23.0 Å². The second-order valence-electron chi connectivity index (χ2n) is 9.26. The Labute approximate surface area is 237 Å². The van der Waals surface area contributed by atoms with E-state index in [1.807, 2.05) is 24.3 Å². The second-order valence-corrected chi connectivity index (χ2v) is 12.1. The predicted octanol–water partition coefficient (Wildman–Crippen LogP) is 6.97. The summed E-state index contributed by atoms with van der Waals surface area (Å²) >= 11 is 0.848. The number of pyridine rings is 1. The summed E-state index contributed by atoms with van der Waals surface area (Å²) in [6.45, 7) is 5.21. The zero-order valence-electron chi connectivity index (χ0n) is 22.0. The molecule has 0 unspecified atom stereocenters. The quantitative estimate of drug-likeness (QED) is 0.0880. The van der Waals surface area contributed by atoms with Crippen LogP contribution in [-0.4, -0.2) is 37.0 Å². The molecule has 1 saturated carbocycles. The van der Waals surface area contributed by atoms with E-state index in [4.69, 9.17) is 5.26 Å². The van der Waals surface area contributed by atoms with Gasteiger partial charge in [-0.3, -0.25) is 0 Å². The van der Waals surface area contributed by atoms with E-state index in [0.29, 0.717) is 39.0 Å². The van der Waals surface area contributed by atoms with Crippen LogP contribution in [0.3, 0.4) is 0 Å². The van der Waals surface area contributed by atoms with Gasteiger partial charge in [0.25, 0.3) is 0 Å². The highest BCUT2D eigenvalue weighted by Gasteiger charge is 2.21. The van der Waals surface area contributed by atoms with Gasteiger partial charge in [-0.25, -0.2) is 18.7 Å². The summed E-state index contributed by atoms with van der Waals surface area (Å²) in [6.07, 6.45) is 5.39. The Morgan fingerprint density at radius 3 is 2.62 bits per heavy atom. The maximum Gasteiger partial charge on any atom is 0.172 e. The minimum absolute atomic E-state index is 0.0693. The Kier molecular flexibility index (Phi) is 10.1. The fourth-order valence-electron chi connectivity index (χ4n) is 4.59. The molecule has 0 spiro atoms. The Hall–Kier alpha value is -3.54. The molecule has 0 bridgehead atoms. The summed E-state index contributed by atoms with van der Waals surface area (Å²) in [5, 5.41) is 40.3. The molecule has 0 amide bonds. The number of sulfone groups is 1. The second kappa shape index (κ2) is 13.7. The van der Waals surface area contributed by atoms with Gasteiger partial charge in [-0.15, -0.1) is 14.6 Å². The third-order valence-electron chi connectivity index (χ3n) is 6.68. The van der Waals surface area contributed by atoms with Crippen LogP contribution >= 0.6 is 12.0 Å². The topological polar surface area (TPSA) is 158 Å². The van der Waals surface area contributed by atoms with Crippen molar-refractivity contribution in [2.45, 2.75) is 50.0 Å². The lowest BCUT2D eigenvalue weighted by molar-refractivity contribution is -0.432. The summed E-state index contributed by atoms with van der Waals surface area (Å²) in [6, 6.07) is 13.4. The van der Waals surface area contributed by atoms with Crippen molar-refractivity contribution in [2.75, 3.05) is 22.9 Å². The molecule has 40 heavy (non-hydrogen) atoms. The van der Waals surface area contributed by atoms with Gasteiger partial charge in [-0.2, -0.15) is 5.26 Å². The van der Waals surface area contributed by atoms with Gasteiger partial charge >= 0.3 is 0 Å². The van der Waals surface area contributed by atoms with Crippen LogP contribution in [0.25, 0.3) is 10.8 Å². The molecule has 1 fully saturated rings. The Balaban J connectivity index is 1.74. The average Bonchev–Trinajstić information content (AvgIpc) is 2.96. The van der Waals surface area contributed by atoms with E-state index in [9.17, 15) is 13.7 Å². The number of anilines is 2. The van der Waals surface area contributed by atoms with Crippen molar-refractivity contribution < 1.29 is 23.0 Å². The van der Waals surface area contributed by atoms with Gasteiger partial charge in [-0.05, 0) is 37.3 Å². The van der Waals surface area contributed by atoms with Crippen molar-refractivity contribution in [1.82, 2.24) is 4.98 Å². The lowest BCUT2D eigenvalue weighted by Gasteiger charge is -2.25. The van der Waals surface area contributed by atoms with Crippen molar-refractivity contribution in [3.05, 3.63) is 59.5 Å². The number of fused-ring (bicyclic) bond motifs is 1. The Morgan fingerprint density at radius 2 is 1.93 bits per heavy atom. The number of nitriles is 1. The molecule has 13 heteroatoms. The van der Waals surface area contributed by atoms with Crippen molar-refractivity contribution >= 4 is 55.7 Å². The third kappa shape index (κ3) is 7.15. The molecule has 1 aromatic heterocycles. The van der Waals surface area contributed by atoms with Crippen molar-refractivity contribution in [2.24, 2.45) is 10.2 Å². The maximum atomic E-state index is 12.0.